The lowest BCUT2D eigenvalue weighted by Crippen LogP contribution is -2.29. The molecule has 0 aliphatic rings. The molecular weight excluding hydrogens is 364 g/mol. The highest BCUT2D eigenvalue weighted by molar-refractivity contribution is 7.18. The molecule has 0 saturated carbocycles. The van der Waals surface area contributed by atoms with Crippen LogP contribution >= 0.6 is 11.3 Å². The molecule has 0 aliphatic heterocycles. The van der Waals surface area contributed by atoms with Crippen molar-refractivity contribution in [3.8, 4) is 0 Å². The molecule has 3 rings (SSSR count). The molecule has 2 aromatic heterocycles. The van der Waals surface area contributed by atoms with E-state index in [1.807, 2.05) is 13.0 Å². The first-order chi connectivity index (χ1) is 12.9. The van der Waals surface area contributed by atoms with Gasteiger partial charge in [-0.15, -0.1) is 11.3 Å². The number of anilines is 2. The number of nitrogens with one attached hydrogen (secondary N) is 2. The lowest BCUT2D eigenvalue weighted by Gasteiger charge is -2.10. The lowest BCUT2D eigenvalue weighted by molar-refractivity contribution is -0.117. The number of hydrogen-bond donors (Lipinski definition) is 2. The molecule has 1 aromatic carbocycles. The summed E-state index contributed by atoms with van der Waals surface area (Å²) in [6, 6.07) is 8.61. The van der Waals surface area contributed by atoms with Crippen LogP contribution in [0.3, 0.4) is 0 Å². The molecule has 0 atom stereocenters. The van der Waals surface area contributed by atoms with Gasteiger partial charge >= 0.3 is 0 Å². The van der Waals surface area contributed by atoms with Crippen LogP contribution in [0, 0.1) is 6.92 Å². The summed E-state index contributed by atoms with van der Waals surface area (Å²) in [7, 11) is 0. The van der Waals surface area contributed by atoms with Gasteiger partial charge in [-0.05, 0) is 43.7 Å². The Balaban J connectivity index is 1.77. The van der Waals surface area contributed by atoms with E-state index in [9.17, 15) is 14.4 Å². The van der Waals surface area contributed by atoms with Gasteiger partial charge in [0, 0.05) is 23.2 Å². The summed E-state index contributed by atoms with van der Waals surface area (Å²) in [4.78, 5) is 42.4. The maximum atomic E-state index is 12.7. The van der Waals surface area contributed by atoms with E-state index in [4.69, 9.17) is 0 Å². The minimum atomic E-state index is -0.320. The molecule has 0 spiro atoms. The Morgan fingerprint density at radius 2 is 1.78 bits per heavy atom. The Hall–Kier alpha value is -3.00. The first-order valence-electron chi connectivity index (χ1n) is 8.54. The van der Waals surface area contributed by atoms with Crippen LogP contribution in [0.15, 0.2) is 35.1 Å². The summed E-state index contributed by atoms with van der Waals surface area (Å²) < 4.78 is 1.38. The van der Waals surface area contributed by atoms with Crippen molar-refractivity contribution in [3.63, 3.8) is 0 Å². The third-order valence-corrected chi connectivity index (χ3v) is 5.21. The Morgan fingerprint density at radius 1 is 1.15 bits per heavy atom. The normalized spacial score (nSPS) is 10.8. The molecule has 140 valence electrons. The number of aryl methyl sites for hydroxylation is 2. The van der Waals surface area contributed by atoms with E-state index in [-0.39, 0.29) is 23.9 Å². The average Bonchev–Trinajstić information content (AvgIpc) is 3.03. The molecule has 2 amide bonds. The van der Waals surface area contributed by atoms with Crippen LogP contribution in [0.5, 0.6) is 0 Å². The Labute approximate surface area is 160 Å². The van der Waals surface area contributed by atoms with Gasteiger partial charge in [-0.2, -0.15) is 0 Å². The molecule has 3 aromatic rings. The third kappa shape index (κ3) is 4.22. The third-order valence-electron chi connectivity index (χ3n) is 4.03. The number of rotatable bonds is 5. The maximum Gasteiger partial charge on any atom is 0.262 e. The van der Waals surface area contributed by atoms with E-state index in [2.05, 4.69) is 15.6 Å². The van der Waals surface area contributed by atoms with Crippen molar-refractivity contribution in [1.29, 1.82) is 0 Å². The summed E-state index contributed by atoms with van der Waals surface area (Å²) in [6.07, 6.45) is 0.842. The van der Waals surface area contributed by atoms with Gasteiger partial charge in [-0.25, -0.2) is 4.98 Å². The minimum absolute atomic E-state index is 0.113. The number of carbonyl (C=O) groups is 2. The van der Waals surface area contributed by atoms with E-state index in [1.54, 1.807) is 31.2 Å². The van der Waals surface area contributed by atoms with Crippen LogP contribution in [-0.2, 0) is 22.6 Å². The Morgan fingerprint density at radius 3 is 2.37 bits per heavy atom. The van der Waals surface area contributed by atoms with Crippen molar-refractivity contribution in [1.82, 2.24) is 9.55 Å². The maximum absolute atomic E-state index is 12.7. The second-order valence-electron chi connectivity index (χ2n) is 6.14. The number of carbonyl (C=O) groups excluding carboxylic acids is 2. The second-order valence-corrected chi connectivity index (χ2v) is 7.26. The van der Waals surface area contributed by atoms with Crippen molar-refractivity contribution in [3.05, 3.63) is 51.4 Å². The summed E-state index contributed by atoms with van der Waals surface area (Å²) in [5.74, 6) is 0.0249. The number of fused-ring (bicyclic) bond motifs is 1. The Kier molecular flexibility index (Phi) is 5.36. The standard InChI is InChI=1S/C19H20N4O3S/c1-4-15-9-16-18(27-15)20-11(2)23(19(16)26)10-17(25)22-14-7-5-13(6-8-14)21-12(3)24/h5-9H,4,10H2,1-3H3,(H,21,24)(H,22,25). The fourth-order valence-corrected chi connectivity index (χ4v) is 3.72. The predicted molar refractivity (Wildman–Crippen MR) is 107 cm³/mol. The summed E-state index contributed by atoms with van der Waals surface area (Å²) in [6.45, 7) is 5.07. The SMILES string of the molecule is CCc1cc2c(=O)n(CC(=O)Nc3ccc(NC(C)=O)cc3)c(C)nc2s1. The van der Waals surface area contributed by atoms with Crippen molar-refractivity contribution in [2.24, 2.45) is 0 Å². The van der Waals surface area contributed by atoms with Gasteiger partial charge in [-0.3, -0.25) is 19.0 Å². The monoisotopic (exact) mass is 384 g/mol. The molecule has 27 heavy (non-hydrogen) atoms. The molecule has 0 bridgehead atoms. The van der Waals surface area contributed by atoms with E-state index < -0.39 is 0 Å². The molecule has 0 unspecified atom stereocenters. The lowest BCUT2D eigenvalue weighted by atomic mass is 10.2. The molecule has 8 heteroatoms. The molecule has 0 fully saturated rings. The van der Waals surface area contributed by atoms with Gasteiger partial charge in [0.05, 0.1) is 5.39 Å². The highest BCUT2D eigenvalue weighted by Crippen LogP contribution is 2.22. The van der Waals surface area contributed by atoms with Gasteiger partial charge in [0.2, 0.25) is 11.8 Å². The number of hydrogen-bond acceptors (Lipinski definition) is 5. The van der Waals surface area contributed by atoms with Crippen molar-refractivity contribution >= 4 is 44.7 Å². The zero-order valence-corrected chi connectivity index (χ0v) is 16.1. The van der Waals surface area contributed by atoms with E-state index >= 15 is 0 Å². The fourth-order valence-electron chi connectivity index (χ4n) is 2.71. The summed E-state index contributed by atoms with van der Waals surface area (Å²) in [5.41, 5.74) is 1.02. The van der Waals surface area contributed by atoms with E-state index in [0.29, 0.717) is 27.4 Å². The minimum Gasteiger partial charge on any atom is -0.326 e. The smallest absolute Gasteiger partial charge is 0.262 e. The van der Waals surface area contributed by atoms with Crippen molar-refractivity contribution in [2.45, 2.75) is 33.7 Å². The summed E-state index contributed by atoms with van der Waals surface area (Å²) >= 11 is 1.51. The van der Waals surface area contributed by atoms with Crippen LogP contribution in [0.2, 0.25) is 0 Å². The van der Waals surface area contributed by atoms with Gasteiger partial charge in [-0.1, -0.05) is 6.92 Å². The van der Waals surface area contributed by atoms with Gasteiger partial charge in [0.1, 0.15) is 17.2 Å². The Bertz CT molecular complexity index is 1070. The van der Waals surface area contributed by atoms with Gasteiger partial charge < -0.3 is 10.6 Å². The average molecular weight is 384 g/mol. The van der Waals surface area contributed by atoms with Gasteiger partial charge in [0.15, 0.2) is 0 Å². The van der Waals surface area contributed by atoms with Gasteiger partial charge in [0.25, 0.3) is 5.56 Å². The van der Waals surface area contributed by atoms with Crippen LogP contribution in [0.1, 0.15) is 24.5 Å². The van der Waals surface area contributed by atoms with Crippen LogP contribution in [0.4, 0.5) is 11.4 Å². The van der Waals surface area contributed by atoms with Crippen molar-refractivity contribution < 1.29 is 9.59 Å². The molecule has 0 saturated heterocycles. The van der Waals surface area contributed by atoms with Crippen LogP contribution < -0.4 is 16.2 Å². The topological polar surface area (TPSA) is 93.1 Å². The summed E-state index contributed by atoms with van der Waals surface area (Å²) in [5, 5.41) is 5.96. The van der Waals surface area contributed by atoms with Crippen LogP contribution in [-0.4, -0.2) is 21.4 Å². The quantitative estimate of drug-likeness (QED) is 0.707. The molecule has 2 heterocycles. The van der Waals surface area contributed by atoms with E-state index in [1.165, 1.54) is 22.8 Å². The number of nitrogens with zero attached hydrogens (tertiary/aromatic N) is 2. The van der Waals surface area contributed by atoms with E-state index in [0.717, 1.165) is 11.3 Å². The number of amides is 2. The molecular formula is C19H20N4O3S. The van der Waals surface area contributed by atoms with Crippen LogP contribution in [0.25, 0.3) is 10.2 Å². The zero-order chi connectivity index (χ0) is 19.6. The first-order valence-corrected chi connectivity index (χ1v) is 9.36. The zero-order valence-electron chi connectivity index (χ0n) is 15.3. The largest absolute Gasteiger partial charge is 0.326 e. The number of aromatic nitrogens is 2. The highest BCUT2D eigenvalue weighted by Gasteiger charge is 2.14. The molecule has 0 aliphatic carbocycles. The molecule has 2 N–H and O–H groups in total. The number of benzene rings is 1. The fraction of sp³-hybridized carbons (Fsp3) is 0.263. The first kappa shape index (κ1) is 18.8. The predicted octanol–water partition coefficient (Wildman–Crippen LogP) is 2.93. The highest BCUT2D eigenvalue weighted by atomic mass is 32.1. The van der Waals surface area contributed by atoms with Crippen molar-refractivity contribution in [2.75, 3.05) is 10.6 Å². The second kappa shape index (κ2) is 7.71. The number of thiophene rings is 1. The molecule has 7 nitrogen and oxygen atoms in total. The molecule has 0 radical (unpaired) electrons.